The molecule has 0 aliphatic carbocycles. The molecular formula is C17H18FN3O2S. The molecule has 1 N–H and O–H groups in total. The van der Waals surface area contributed by atoms with Crippen LogP contribution < -0.4 is 4.72 Å². The highest BCUT2D eigenvalue weighted by Gasteiger charge is 2.22. The summed E-state index contributed by atoms with van der Waals surface area (Å²) in [7, 11) is -3.92. The number of hydrogen-bond donors (Lipinski definition) is 1. The number of halogens is 1. The van der Waals surface area contributed by atoms with Crippen LogP contribution in [0.1, 0.15) is 19.8 Å². The minimum absolute atomic E-state index is 0.0733. The number of benzene rings is 1. The number of rotatable bonds is 6. The second-order valence-corrected chi connectivity index (χ2v) is 7.15. The number of aromatic nitrogens is 2. The van der Waals surface area contributed by atoms with Crippen molar-refractivity contribution in [2.75, 3.05) is 4.72 Å². The molecule has 0 unspecified atom stereocenters. The number of fused-ring (bicyclic) bond motifs is 1. The molecule has 0 spiro atoms. The van der Waals surface area contributed by atoms with Gasteiger partial charge in [0, 0.05) is 24.3 Å². The van der Waals surface area contributed by atoms with Gasteiger partial charge in [-0.05, 0) is 30.7 Å². The standard InChI is InChI=1S/C17H18FN3O2S/c1-2-3-11-21-12-16(13-7-6-10-19-17(13)21)24(22,23)20-15-9-5-4-8-14(15)18/h4-10,12,20H,2-3,11H2,1H3. The largest absolute Gasteiger partial charge is 0.331 e. The molecule has 0 atom stereocenters. The van der Waals surface area contributed by atoms with Crippen molar-refractivity contribution in [3.8, 4) is 0 Å². The van der Waals surface area contributed by atoms with Crippen LogP contribution in [0.2, 0.25) is 0 Å². The first-order valence-corrected chi connectivity index (χ1v) is 9.22. The minimum Gasteiger partial charge on any atom is -0.331 e. The lowest BCUT2D eigenvalue weighted by molar-refractivity contribution is 0.597. The van der Waals surface area contributed by atoms with Crippen molar-refractivity contribution in [2.45, 2.75) is 31.2 Å². The molecule has 1 aromatic carbocycles. The highest BCUT2D eigenvalue weighted by molar-refractivity contribution is 7.93. The third-order valence-electron chi connectivity index (χ3n) is 3.76. The molecule has 3 rings (SSSR count). The maximum Gasteiger partial charge on any atom is 0.264 e. The lowest BCUT2D eigenvalue weighted by atomic mass is 10.3. The Morgan fingerprint density at radius 2 is 2.00 bits per heavy atom. The number of hydrogen-bond acceptors (Lipinski definition) is 3. The molecular weight excluding hydrogens is 329 g/mol. The van der Waals surface area contributed by atoms with Gasteiger partial charge in [-0.3, -0.25) is 4.72 Å². The summed E-state index contributed by atoms with van der Waals surface area (Å²) in [6, 6.07) is 9.08. The molecule has 126 valence electrons. The summed E-state index contributed by atoms with van der Waals surface area (Å²) in [4.78, 5) is 4.39. The Labute approximate surface area is 140 Å². The average molecular weight is 347 g/mol. The van der Waals surface area contributed by atoms with Crippen LogP contribution in [0.15, 0.2) is 53.7 Å². The molecule has 5 nitrogen and oxygen atoms in total. The van der Waals surface area contributed by atoms with Gasteiger partial charge >= 0.3 is 0 Å². The van der Waals surface area contributed by atoms with E-state index in [4.69, 9.17) is 0 Å². The van der Waals surface area contributed by atoms with Crippen molar-refractivity contribution >= 4 is 26.7 Å². The number of unbranched alkanes of at least 4 members (excludes halogenated alkanes) is 1. The van der Waals surface area contributed by atoms with Crippen molar-refractivity contribution in [2.24, 2.45) is 0 Å². The number of sulfonamides is 1. The normalized spacial score (nSPS) is 11.8. The van der Waals surface area contributed by atoms with Gasteiger partial charge in [-0.15, -0.1) is 0 Å². The summed E-state index contributed by atoms with van der Waals surface area (Å²) in [5.41, 5.74) is 0.538. The van der Waals surface area contributed by atoms with Crippen molar-refractivity contribution < 1.29 is 12.8 Å². The van der Waals surface area contributed by atoms with Crippen LogP contribution in [-0.2, 0) is 16.6 Å². The van der Waals surface area contributed by atoms with Gasteiger partial charge in [0.05, 0.1) is 5.69 Å². The van der Waals surface area contributed by atoms with E-state index >= 15 is 0 Å². The van der Waals surface area contributed by atoms with Gasteiger partial charge in [-0.2, -0.15) is 0 Å². The Kier molecular flexibility index (Phi) is 4.53. The third-order valence-corrected chi connectivity index (χ3v) is 5.15. The van der Waals surface area contributed by atoms with Gasteiger partial charge in [-0.1, -0.05) is 25.5 Å². The lowest BCUT2D eigenvalue weighted by Gasteiger charge is -2.07. The minimum atomic E-state index is -3.92. The van der Waals surface area contributed by atoms with E-state index in [1.54, 1.807) is 30.6 Å². The molecule has 7 heteroatoms. The smallest absolute Gasteiger partial charge is 0.264 e. The number of pyridine rings is 1. The van der Waals surface area contributed by atoms with Crippen LogP contribution in [0, 0.1) is 5.82 Å². The average Bonchev–Trinajstić information content (AvgIpc) is 2.95. The molecule has 3 aromatic rings. The summed E-state index contributed by atoms with van der Waals surface area (Å²) in [6.07, 6.45) is 5.10. The van der Waals surface area contributed by atoms with Crippen LogP contribution in [-0.4, -0.2) is 18.0 Å². The molecule has 2 heterocycles. The summed E-state index contributed by atoms with van der Waals surface area (Å²) < 4.78 is 43.4. The van der Waals surface area contributed by atoms with Crippen molar-refractivity contribution in [1.29, 1.82) is 0 Å². The van der Waals surface area contributed by atoms with Gasteiger partial charge < -0.3 is 4.57 Å². The molecule has 0 saturated heterocycles. The number of para-hydroxylation sites is 1. The molecule has 0 radical (unpaired) electrons. The Bertz CT molecular complexity index is 967. The Hall–Kier alpha value is -2.41. The number of nitrogens with one attached hydrogen (secondary N) is 1. The summed E-state index contributed by atoms with van der Waals surface area (Å²) >= 11 is 0. The molecule has 0 bridgehead atoms. The van der Waals surface area contributed by atoms with Gasteiger partial charge in [0.2, 0.25) is 0 Å². The summed E-state index contributed by atoms with van der Waals surface area (Å²) in [5, 5.41) is 0.525. The van der Waals surface area contributed by atoms with E-state index in [-0.39, 0.29) is 10.6 Å². The summed E-state index contributed by atoms with van der Waals surface area (Å²) in [5.74, 6) is -0.617. The quantitative estimate of drug-likeness (QED) is 0.738. The Balaban J connectivity index is 2.06. The lowest BCUT2D eigenvalue weighted by Crippen LogP contribution is -2.13. The molecule has 0 amide bonds. The van der Waals surface area contributed by atoms with Crippen molar-refractivity contribution in [1.82, 2.24) is 9.55 Å². The Morgan fingerprint density at radius 3 is 2.75 bits per heavy atom. The second kappa shape index (κ2) is 6.60. The maximum absolute atomic E-state index is 13.8. The van der Waals surface area contributed by atoms with E-state index in [9.17, 15) is 12.8 Å². The molecule has 24 heavy (non-hydrogen) atoms. The topological polar surface area (TPSA) is 64.0 Å². The van der Waals surface area contributed by atoms with Crippen LogP contribution in [0.3, 0.4) is 0 Å². The molecule has 2 aromatic heterocycles. The highest BCUT2D eigenvalue weighted by Crippen LogP contribution is 2.27. The van der Waals surface area contributed by atoms with E-state index in [0.29, 0.717) is 17.6 Å². The first-order valence-electron chi connectivity index (χ1n) is 7.74. The van der Waals surface area contributed by atoms with E-state index in [2.05, 4.69) is 16.6 Å². The van der Waals surface area contributed by atoms with Crippen LogP contribution >= 0.6 is 0 Å². The van der Waals surface area contributed by atoms with Crippen molar-refractivity contribution in [3.63, 3.8) is 0 Å². The SMILES string of the molecule is CCCCn1cc(S(=O)(=O)Nc2ccccc2F)c2cccnc21. The number of aryl methyl sites for hydroxylation is 1. The third kappa shape index (κ3) is 3.12. The predicted octanol–water partition coefficient (Wildman–Crippen LogP) is 3.78. The van der Waals surface area contributed by atoms with Crippen LogP contribution in [0.5, 0.6) is 0 Å². The fourth-order valence-corrected chi connectivity index (χ4v) is 3.83. The fraction of sp³-hybridized carbons (Fsp3) is 0.235. The van der Waals surface area contributed by atoms with E-state index in [0.717, 1.165) is 12.8 Å². The van der Waals surface area contributed by atoms with Crippen molar-refractivity contribution in [3.05, 3.63) is 54.6 Å². The first kappa shape index (κ1) is 16.4. The van der Waals surface area contributed by atoms with Gasteiger partial charge in [-0.25, -0.2) is 17.8 Å². The van der Waals surface area contributed by atoms with E-state index in [1.807, 2.05) is 4.57 Å². The zero-order valence-electron chi connectivity index (χ0n) is 13.2. The Morgan fingerprint density at radius 1 is 1.21 bits per heavy atom. The van der Waals surface area contributed by atoms with Gasteiger partial charge in [0.25, 0.3) is 10.0 Å². The number of nitrogens with zero attached hydrogens (tertiary/aromatic N) is 2. The second-order valence-electron chi connectivity index (χ2n) is 5.50. The maximum atomic E-state index is 13.8. The number of anilines is 1. The molecule has 0 saturated carbocycles. The van der Waals surface area contributed by atoms with E-state index < -0.39 is 15.8 Å². The molecule has 0 aliphatic heterocycles. The van der Waals surface area contributed by atoms with Gasteiger partial charge in [0.15, 0.2) is 0 Å². The molecule has 0 aliphatic rings. The van der Waals surface area contributed by atoms with Crippen LogP contribution in [0.4, 0.5) is 10.1 Å². The van der Waals surface area contributed by atoms with Gasteiger partial charge in [0.1, 0.15) is 16.4 Å². The monoisotopic (exact) mass is 347 g/mol. The first-order chi connectivity index (χ1) is 11.5. The zero-order valence-corrected chi connectivity index (χ0v) is 14.1. The molecule has 0 fully saturated rings. The highest BCUT2D eigenvalue weighted by atomic mass is 32.2. The predicted molar refractivity (Wildman–Crippen MR) is 91.8 cm³/mol. The van der Waals surface area contributed by atoms with E-state index in [1.165, 1.54) is 18.2 Å². The summed E-state index contributed by atoms with van der Waals surface area (Å²) in [6.45, 7) is 2.75. The fourth-order valence-electron chi connectivity index (χ4n) is 2.55. The van der Waals surface area contributed by atoms with Crippen LogP contribution in [0.25, 0.3) is 11.0 Å². The zero-order chi connectivity index (χ0) is 17.2.